The maximum absolute atomic E-state index is 11.6. The number of aromatic nitrogens is 1. The van der Waals surface area contributed by atoms with E-state index < -0.39 is 0 Å². The van der Waals surface area contributed by atoms with Crippen LogP contribution in [-0.4, -0.2) is 23.2 Å². The lowest BCUT2D eigenvalue weighted by Gasteiger charge is -2.03. The highest BCUT2D eigenvalue weighted by Crippen LogP contribution is 2.16. The third-order valence-corrected chi connectivity index (χ3v) is 4.24. The standard InChI is InChI=1S/C13H14N2OS2/c16-13(12-3-1-9-18-12)15-6-2-10-17-11-4-7-14-8-5-11/h1,3-5,7-9H,2,6,10H2,(H,15,16). The molecule has 0 radical (unpaired) electrons. The van der Waals surface area contributed by atoms with Crippen molar-refractivity contribution in [2.75, 3.05) is 12.3 Å². The Balaban J connectivity index is 1.61. The van der Waals surface area contributed by atoms with Crippen LogP contribution in [-0.2, 0) is 0 Å². The van der Waals surface area contributed by atoms with Crippen LogP contribution < -0.4 is 5.32 Å². The molecule has 0 bridgehead atoms. The summed E-state index contributed by atoms with van der Waals surface area (Å²) in [4.78, 5) is 17.6. The average Bonchev–Trinajstić information content (AvgIpc) is 2.93. The van der Waals surface area contributed by atoms with Gasteiger partial charge >= 0.3 is 0 Å². The zero-order valence-electron chi connectivity index (χ0n) is 9.83. The Kier molecular flexibility index (Phi) is 5.23. The summed E-state index contributed by atoms with van der Waals surface area (Å²) in [5, 5.41) is 4.83. The van der Waals surface area contributed by atoms with Gasteiger partial charge in [0.15, 0.2) is 0 Å². The van der Waals surface area contributed by atoms with E-state index >= 15 is 0 Å². The average molecular weight is 278 g/mol. The van der Waals surface area contributed by atoms with Crippen LogP contribution in [0.5, 0.6) is 0 Å². The Morgan fingerprint density at radius 2 is 2.17 bits per heavy atom. The number of rotatable bonds is 6. The highest BCUT2D eigenvalue weighted by Gasteiger charge is 2.04. The van der Waals surface area contributed by atoms with Crippen LogP contribution in [0.4, 0.5) is 0 Å². The van der Waals surface area contributed by atoms with Crippen molar-refractivity contribution in [1.82, 2.24) is 10.3 Å². The highest BCUT2D eigenvalue weighted by atomic mass is 32.2. The predicted octanol–water partition coefficient (Wildman–Crippen LogP) is 3.06. The number of nitrogens with zero attached hydrogens (tertiary/aromatic N) is 1. The zero-order chi connectivity index (χ0) is 12.6. The number of pyridine rings is 1. The molecule has 2 rings (SSSR count). The fourth-order valence-corrected chi connectivity index (χ4v) is 2.87. The molecule has 0 aliphatic carbocycles. The van der Waals surface area contributed by atoms with E-state index in [-0.39, 0.29) is 5.91 Å². The van der Waals surface area contributed by atoms with Crippen LogP contribution in [0.3, 0.4) is 0 Å². The Labute approximate surface area is 115 Å². The number of carbonyl (C=O) groups excluding carboxylic acids is 1. The van der Waals surface area contributed by atoms with Crippen molar-refractivity contribution in [3.8, 4) is 0 Å². The van der Waals surface area contributed by atoms with Crippen molar-refractivity contribution < 1.29 is 4.79 Å². The van der Waals surface area contributed by atoms with Gasteiger partial charge in [0, 0.05) is 23.8 Å². The van der Waals surface area contributed by atoms with Crippen LogP contribution in [0.15, 0.2) is 46.9 Å². The normalized spacial score (nSPS) is 10.2. The largest absolute Gasteiger partial charge is 0.351 e. The summed E-state index contributed by atoms with van der Waals surface area (Å²) in [7, 11) is 0. The van der Waals surface area contributed by atoms with Gasteiger partial charge in [0.25, 0.3) is 5.91 Å². The van der Waals surface area contributed by atoms with Gasteiger partial charge in [-0.15, -0.1) is 23.1 Å². The van der Waals surface area contributed by atoms with Gasteiger partial charge in [-0.2, -0.15) is 0 Å². The van der Waals surface area contributed by atoms with E-state index in [9.17, 15) is 4.79 Å². The summed E-state index contributed by atoms with van der Waals surface area (Å²) in [6, 6.07) is 7.72. The Morgan fingerprint density at radius 3 is 2.89 bits per heavy atom. The van der Waals surface area contributed by atoms with Crippen molar-refractivity contribution in [1.29, 1.82) is 0 Å². The summed E-state index contributed by atoms with van der Waals surface area (Å²) in [5.41, 5.74) is 0. The molecule has 0 saturated carbocycles. The lowest BCUT2D eigenvalue weighted by Crippen LogP contribution is -2.23. The van der Waals surface area contributed by atoms with E-state index in [2.05, 4.69) is 10.3 Å². The molecule has 0 unspecified atom stereocenters. The highest BCUT2D eigenvalue weighted by molar-refractivity contribution is 7.99. The minimum atomic E-state index is 0.0268. The number of carbonyl (C=O) groups is 1. The van der Waals surface area contributed by atoms with Gasteiger partial charge < -0.3 is 5.32 Å². The number of amides is 1. The van der Waals surface area contributed by atoms with Gasteiger partial charge in [0.2, 0.25) is 0 Å². The Hall–Kier alpha value is -1.33. The number of thiophene rings is 1. The van der Waals surface area contributed by atoms with Crippen molar-refractivity contribution >= 4 is 29.0 Å². The number of hydrogen-bond acceptors (Lipinski definition) is 4. The van der Waals surface area contributed by atoms with Crippen LogP contribution in [0.25, 0.3) is 0 Å². The molecule has 2 heterocycles. The molecule has 0 fully saturated rings. The first-order chi connectivity index (χ1) is 8.86. The van der Waals surface area contributed by atoms with E-state index in [1.165, 1.54) is 16.2 Å². The second-order valence-electron chi connectivity index (χ2n) is 3.62. The van der Waals surface area contributed by atoms with Crippen molar-refractivity contribution in [3.05, 3.63) is 46.9 Å². The number of nitrogens with one attached hydrogen (secondary N) is 1. The molecule has 3 nitrogen and oxygen atoms in total. The van der Waals surface area contributed by atoms with Crippen molar-refractivity contribution in [2.24, 2.45) is 0 Å². The summed E-state index contributed by atoms with van der Waals surface area (Å²) in [6.07, 6.45) is 4.55. The zero-order valence-corrected chi connectivity index (χ0v) is 11.5. The van der Waals surface area contributed by atoms with E-state index in [1.54, 1.807) is 24.2 Å². The van der Waals surface area contributed by atoms with Gasteiger partial charge in [0.1, 0.15) is 0 Å². The van der Waals surface area contributed by atoms with E-state index in [1.807, 2.05) is 29.6 Å². The summed E-state index contributed by atoms with van der Waals surface area (Å²) >= 11 is 3.25. The first-order valence-corrected chi connectivity index (χ1v) is 7.57. The lowest BCUT2D eigenvalue weighted by molar-refractivity contribution is 0.0958. The molecule has 2 aromatic heterocycles. The molecule has 18 heavy (non-hydrogen) atoms. The minimum Gasteiger partial charge on any atom is -0.351 e. The van der Waals surface area contributed by atoms with Crippen LogP contribution in [0.1, 0.15) is 16.1 Å². The van der Waals surface area contributed by atoms with Crippen LogP contribution in [0.2, 0.25) is 0 Å². The van der Waals surface area contributed by atoms with Gasteiger partial charge in [-0.1, -0.05) is 6.07 Å². The van der Waals surface area contributed by atoms with E-state index in [0.29, 0.717) is 0 Å². The van der Waals surface area contributed by atoms with Crippen LogP contribution >= 0.6 is 23.1 Å². The Bertz CT molecular complexity index is 471. The maximum Gasteiger partial charge on any atom is 0.261 e. The Morgan fingerprint density at radius 1 is 1.33 bits per heavy atom. The fourth-order valence-electron chi connectivity index (χ4n) is 1.39. The molecule has 5 heteroatoms. The molecule has 0 aliphatic rings. The van der Waals surface area contributed by atoms with E-state index in [0.717, 1.165) is 23.6 Å². The molecular formula is C13H14N2OS2. The van der Waals surface area contributed by atoms with E-state index in [4.69, 9.17) is 0 Å². The number of hydrogen-bond donors (Lipinski definition) is 1. The SMILES string of the molecule is O=C(NCCCSc1ccncc1)c1cccs1. The number of thioether (sulfide) groups is 1. The van der Waals surface area contributed by atoms with Gasteiger partial charge in [-0.3, -0.25) is 9.78 Å². The van der Waals surface area contributed by atoms with Gasteiger partial charge in [-0.05, 0) is 35.8 Å². The lowest BCUT2D eigenvalue weighted by atomic mass is 10.4. The van der Waals surface area contributed by atoms with Crippen molar-refractivity contribution in [2.45, 2.75) is 11.3 Å². The monoisotopic (exact) mass is 278 g/mol. The topological polar surface area (TPSA) is 42.0 Å². The molecule has 1 N–H and O–H groups in total. The molecule has 1 amide bonds. The van der Waals surface area contributed by atoms with Gasteiger partial charge in [0.05, 0.1) is 4.88 Å². The predicted molar refractivity (Wildman–Crippen MR) is 76.2 cm³/mol. The molecular weight excluding hydrogens is 264 g/mol. The smallest absolute Gasteiger partial charge is 0.261 e. The first-order valence-electron chi connectivity index (χ1n) is 5.71. The molecule has 94 valence electrons. The first kappa shape index (κ1) is 13.1. The molecule has 2 aromatic rings. The second kappa shape index (κ2) is 7.18. The second-order valence-corrected chi connectivity index (χ2v) is 5.73. The molecule has 0 aliphatic heterocycles. The summed E-state index contributed by atoms with van der Waals surface area (Å²) < 4.78 is 0. The molecule has 0 atom stereocenters. The van der Waals surface area contributed by atoms with Crippen molar-refractivity contribution in [3.63, 3.8) is 0 Å². The van der Waals surface area contributed by atoms with Crippen LogP contribution in [0, 0.1) is 0 Å². The molecule has 0 spiro atoms. The van der Waals surface area contributed by atoms with Gasteiger partial charge in [-0.25, -0.2) is 0 Å². The maximum atomic E-state index is 11.6. The third-order valence-electron chi connectivity index (χ3n) is 2.27. The minimum absolute atomic E-state index is 0.0268. The quantitative estimate of drug-likeness (QED) is 0.652. The third kappa shape index (κ3) is 4.16. The molecule has 0 aromatic carbocycles. The molecule has 0 saturated heterocycles. The fraction of sp³-hybridized carbons (Fsp3) is 0.231. The summed E-state index contributed by atoms with van der Waals surface area (Å²) in [5.74, 6) is 1.02. The summed E-state index contributed by atoms with van der Waals surface area (Å²) in [6.45, 7) is 0.717.